The molecule has 0 aromatic rings. The van der Waals surface area contributed by atoms with Crippen LogP contribution in [0.2, 0.25) is 0 Å². The van der Waals surface area contributed by atoms with E-state index in [1.807, 2.05) is 0 Å². The second-order valence-electron chi connectivity index (χ2n) is 22.5. The van der Waals surface area contributed by atoms with Crippen LogP contribution in [0.25, 0.3) is 0 Å². The van der Waals surface area contributed by atoms with Gasteiger partial charge in [-0.1, -0.05) is 270 Å². The second-order valence-corrected chi connectivity index (χ2v) is 22.5. The van der Waals surface area contributed by atoms with Crippen molar-refractivity contribution >= 4 is 11.9 Å². The maximum absolute atomic E-state index is 10.8. The molecule has 0 heterocycles. The minimum atomic E-state index is -1.36. The summed E-state index contributed by atoms with van der Waals surface area (Å²) in [5.74, 6) is -3.79. The van der Waals surface area contributed by atoms with Crippen LogP contribution >= 0.6 is 0 Å². The number of hydrogen-bond acceptors (Lipinski definition) is 4. The number of aliphatic carboxylic acids is 2. The highest BCUT2D eigenvalue weighted by Crippen LogP contribution is 2.16. The van der Waals surface area contributed by atoms with Gasteiger partial charge in [0, 0.05) is 17.9 Å². The molecule has 0 N–H and O–H groups in total. The predicted octanol–water partition coefficient (Wildman–Crippen LogP) is 16.3. The van der Waals surface area contributed by atoms with Crippen molar-refractivity contribution in [2.24, 2.45) is 5.92 Å². The van der Waals surface area contributed by atoms with Crippen LogP contribution in [-0.4, -0.2) is 76.3 Å². The first kappa shape index (κ1) is 68.9. The van der Waals surface area contributed by atoms with Gasteiger partial charge in [-0.05, 0) is 44.9 Å². The van der Waals surface area contributed by atoms with Gasteiger partial charge in [0.1, 0.15) is 0 Å². The van der Waals surface area contributed by atoms with Gasteiger partial charge in [-0.3, -0.25) is 0 Å². The standard InChI is InChI=1S/C22H40O4.2C19H42N/c1-2-3-4-5-6-7-8-9-10-11-12-13-14-15-16-17-18-20(22(25)26)19-21(23)24;2*1-5-6-7-8-9-10-11-12-13-14-15-16-17-18-19-20(2,3)4/h17-18,20H,2-16,19H2,1H3,(H,23,24)(H,25,26);2*5-19H2,1-4H3/q;2*+1/p-2. The average molecular weight is 936 g/mol. The molecule has 0 aliphatic carbocycles. The lowest BCUT2D eigenvalue weighted by molar-refractivity contribution is -0.870. The van der Waals surface area contributed by atoms with Gasteiger partial charge in [-0.2, -0.15) is 0 Å². The molecule has 1 atom stereocenters. The van der Waals surface area contributed by atoms with E-state index in [2.05, 4.69) is 63.1 Å². The maximum Gasteiger partial charge on any atom is 0.0780 e. The van der Waals surface area contributed by atoms with Crippen molar-refractivity contribution in [1.82, 2.24) is 0 Å². The summed E-state index contributed by atoms with van der Waals surface area (Å²) in [7, 11) is 13.8. The van der Waals surface area contributed by atoms with Crippen molar-refractivity contribution in [3.63, 3.8) is 0 Å². The largest absolute Gasteiger partial charge is 0.550 e. The van der Waals surface area contributed by atoms with Gasteiger partial charge in [0.25, 0.3) is 0 Å². The number of carboxylic acid groups (broad SMARTS) is 2. The fourth-order valence-corrected chi connectivity index (χ4v) is 8.69. The molecule has 0 amide bonds. The lowest BCUT2D eigenvalue weighted by atomic mass is 10.0. The molecular weight excluding hydrogens is 813 g/mol. The van der Waals surface area contributed by atoms with Gasteiger partial charge < -0.3 is 28.8 Å². The van der Waals surface area contributed by atoms with Gasteiger partial charge in [-0.15, -0.1) is 0 Å². The Labute approximate surface area is 415 Å². The highest BCUT2D eigenvalue weighted by Gasteiger charge is 2.07. The Balaban J connectivity index is -0.000000914. The van der Waals surface area contributed by atoms with E-state index in [4.69, 9.17) is 0 Å². The van der Waals surface area contributed by atoms with Crippen molar-refractivity contribution in [3.8, 4) is 0 Å². The van der Waals surface area contributed by atoms with Gasteiger partial charge in [0.15, 0.2) is 0 Å². The number of unbranched alkanes of at least 4 members (excludes halogenated alkanes) is 40. The third-order valence-electron chi connectivity index (χ3n) is 13.1. The summed E-state index contributed by atoms with van der Waals surface area (Å²) in [5.41, 5.74) is 0. The normalized spacial score (nSPS) is 12.2. The molecule has 0 aliphatic heterocycles. The molecule has 0 aliphatic rings. The molecule has 1 unspecified atom stereocenters. The van der Waals surface area contributed by atoms with Crippen molar-refractivity contribution in [2.75, 3.05) is 55.4 Å². The van der Waals surface area contributed by atoms with Crippen LogP contribution in [0.4, 0.5) is 0 Å². The fourth-order valence-electron chi connectivity index (χ4n) is 8.69. The van der Waals surface area contributed by atoms with Gasteiger partial charge in [0.05, 0.1) is 55.4 Å². The molecule has 6 heteroatoms. The predicted molar refractivity (Wildman–Crippen MR) is 289 cm³/mol. The van der Waals surface area contributed by atoms with Gasteiger partial charge in [0.2, 0.25) is 0 Å². The van der Waals surface area contributed by atoms with Crippen molar-refractivity contribution < 1.29 is 28.8 Å². The quantitative estimate of drug-likeness (QED) is 0.0346. The highest BCUT2D eigenvalue weighted by atomic mass is 16.4. The van der Waals surface area contributed by atoms with Crippen LogP contribution in [0.15, 0.2) is 12.2 Å². The summed E-state index contributed by atoms with van der Waals surface area (Å²) < 4.78 is 2.25. The monoisotopic (exact) mass is 935 g/mol. The van der Waals surface area contributed by atoms with Crippen LogP contribution in [0.1, 0.15) is 303 Å². The number of carbonyl (C=O) groups excluding carboxylic acids is 2. The van der Waals surface area contributed by atoms with E-state index in [0.717, 1.165) is 28.2 Å². The third-order valence-corrected chi connectivity index (χ3v) is 13.1. The first-order valence-corrected chi connectivity index (χ1v) is 29.4. The number of hydrogen-bond donors (Lipinski definition) is 0. The summed E-state index contributed by atoms with van der Waals surface area (Å²) in [4.78, 5) is 21.2. The Morgan fingerprint density at radius 1 is 0.348 bits per heavy atom. The Morgan fingerprint density at radius 3 is 0.758 bits per heavy atom. The molecule has 0 spiro atoms. The molecule has 0 fully saturated rings. The van der Waals surface area contributed by atoms with Crippen LogP contribution < -0.4 is 10.2 Å². The number of rotatable bonds is 49. The van der Waals surface area contributed by atoms with Crippen LogP contribution in [0.5, 0.6) is 0 Å². The minimum Gasteiger partial charge on any atom is -0.550 e. The van der Waals surface area contributed by atoms with E-state index in [9.17, 15) is 19.8 Å². The number of allylic oxidation sites excluding steroid dienone is 1. The Kier molecular flexibility index (Phi) is 56.9. The van der Waals surface area contributed by atoms with E-state index in [-0.39, 0.29) is 0 Å². The summed E-state index contributed by atoms with van der Waals surface area (Å²) in [6, 6.07) is 0. The number of carbonyl (C=O) groups is 2. The maximum atomic E-state index is 10.8. The van der Waals surface area contributed by atoms with Crippen LogP contribution in [0.3, 0.4) is 0 Å². The lowest BCUT2D eigenvalue weighted by Gasteiger charge is -2.23. The van der Waals surface area contributed by atoms with Gasteiger partial charge >= 0.3 is 0 Å². The van der Waals surface area contributed by atoms with E-state index in [1.165, 1.54) is 276 Å². The van der Waals surface area contributed by atoms with Crippen LogP contribution in [-0.2, 0) is 9.59 Å². The summed E-state index contributed by atoms with van der Waals surface area (Å²) >= 11 is 0. The average Bonchev–Trinajstić information content (AvgIpc) is 3.25. The number of quaternary nitrogens is 2. The number of nitrogens with zero attached hydrogens (tertiary/aromatic N) is 2. The zero-order valence-corrected chi connectivity index (χ0v) is 46.8. The minimum absolute atomic E-state index is 0.516. The SMILES string of the molecule is CCCCCCCCCCCCCCCCC=CC(CC(=O)[O-])C(=O)[O-].CCCCCCCCCCCCCCCC[N+](C)(C)C.CCCCCCCCCCCCCCCC[N+](C)(C)C. The zero-order valence-electron chi connectivity index (χ0n) is 46.8. The summed E-state index contributed by atoms with van der Waals surface area (Å²) in [5, 5.41) is 21.2. The molecule has 0 saturated carbocycles. The van der Waals surface area contributed by atoms with Crippen molar-refractivity contribution in [3.05, 3.63) is 12.2 Å². The summed E-state index contributed by atoms with van der Waals surface area (Å²) in [6.45, 7) is 9.50. The molecule has 0 radical (unpaired) electrons. The first-order chi connectivity index (χ1) is 31.7. The molecule has 0 bridgehead atoms. The van der Waals surface area contributed by atoms with Gasteiger partial charge in [-0.25, -0.2) is 0 Å². The highest BCUT2D eigenvalue weighted by molar-refractivity contribution is 5.77. The molecule has 0 aromatic heterocycles. The van der Waals surface area contributed by atoms with E-state index in [1.54, 1.807) is 6.08 Å². The molecule has 6 nitrogen and oxygen atoms in total. The van der Waals surface area contributed by atoms with E-state index in [0.29, 0.717) is 0 Å². The van der Waals surface area contributed by atoms with E-state index >= 15 is 0 Å². The molecule has 0 saturated heterocycles. The topological polar surface area (TPSA) is 80.3 Å². The van der Waals surface area contributed by atoms with E-state index < -0.39 is 24.3 Å². The Bertz CT molecular complexity index is 942. The van der Waals surface area contributed by atoms with Crippen LogP contribution in [0, 0.1) is 5.92 Å². The summed E-state index contributed by atoms with van der Waals surface area (Å²) in [6.07, 6.45) is 62.5. The van der Waals surface area contributed by atoms with Crippen molar-refractivity contribution in [1.29, 1.82) is 0 Å². The smallest absolute Gasteiger partial charge is 0.0780 e. The molecule has 0 aromatic carbocycles. The second kappa shape index (κ2) is 54.5. The molecule has 66 heavy (non-hydrogen) atoms. The molecule has 396 valence electrons. The Morgan fingerprint density at radius 2 is 0.561 bits per heavy atom. The fraction of sp³-hybridized carbons (Fsp3) is 0.933. The third kappa shape index (κ3) is 69.2. The van der Waals surface area contributed by atoms with Crippen molar-refractivity contribution in [2.45, 2.75) is 303 Å². The Hall–Kier alpha value is -1.40. The molecular formula is C60H122N2O4. The number of carboxylic acids is 2. The lowest BCUT2D eigenvalue weighted by Crippen LogP contribution is -2.35. The zero-order chi connectivity index (χ0) is 49.7. The first-order valence-electron chi connectivity index (χ1n) is 29.4. The molecule has 0 rings (SSSR count).